The van der Waals surface area contributed by atoms with Crippen LogP contribution >= 0.6 is 0 Å². The van der Waals surface area contributed by atoms with Gasteiger partial charge in [-0.2, -0.15) is 9.78 Å². The summed E-state index contributed by atoms with van der Waals surface area (Å²) in [6.45, 7) is 3.55. The molecule has 35 heavy (non-hydrogen) atoms. The summed E-state index contributed by atoms with van der Waals surface area (Å²) in [6.07, 6.45) is 12.1. The van der Waals surface area contributed by atoms with Crippen molar-refractivity contribution in [2.24, 2.45) is 23.7 Å². The molecule has 2 saturated heterocycles. The summed E-state index contributed by atoms with van der Waals surface area (Å²) < 4.78 is 12.9. The lowest BCUT2D eigenvalue weighted by Gasteiger charge is -2.57. The summed E-state index contributed by atoms with van der Waals surface area (Å²) in [6, 6.07) is 8.71. The van der Waals surface area contributed by atoms with Crippen LogP contribution in [0.5, 0.6) is 5.75 Å². The minimum Gasteiger partial charge on any atom is -0.492 e. The molecule has 1 aromatic rings. The van der Waals surface area contributed by atoms with Crippen LogP contribution in [0.25, 0.3) is 0 Å². The van der Waals surface area contributed by atoms with Gasteiger partial charge in [-0.3, -0.25) is 4.90 Å². The van der Waals surface area contributed by atoms with E-state index < -0.39 is 11.6 Å². The van der Waals surface area contributed by atoms with Gasteiger partial charge in [0.25, 0.3) is 0 Å². The highest BCUT2D eigenvalue weighted by Crippen LogP contribution is 2.64. The monoisotopic (exact) mass is 483 g/mol. The van der Waals surface area contributed by atoms with Gasteiger partial charge in [-0.1, -0.05) is 12.1 Å². The minimum absolute atomic E-state index is 0.118. The van der Waals surface area contributed by atoms with Crippen LogP contribution in [-0.2, 0) is 14.5 Å². The quantitative estimate of drug-likeness (QED) is 0.595. The van der Waals surface area contributed by atoms with Crippen molar-refractivity contribution >= 4 is 0 Å². The number of aliphatic hydroxyl groups is 1. The SMILES string of the molecule is OC1CCN(CCOc2ccc(C3CCC4(CC3)OOC3(O4)C4CC5CC(C4)CC3C5)cc2)CC1. The molecule has 5 saturated carbocycles. The Morgan fingerprint density at radius 3 is 2.17 bits per heavy atom. The van der Waals surface area contributed by atoms with E-state index in [1.807, 2.05) is 0 Å². The molecule has 192 valence electrons. The zero-order valence-corrected chi connectivity index (χ0v) is 20.9. The highest BCUT2D eigenvalue weighted by atomic mass is 17.3. The lowest BCUT2D eigenvalue weighted by Crippen LogP contribution is -2.59. The van der Waals surface area contributed by atoms with Gasteiger partial charge in [-0.25, -0.2) is 0 Å². The van der Waals surface area contributed by atoms with E-state index in [9.17, 15) is 5.11 Å². The molecule has 2 heterocycles. The van der Waals surface area contributed by atoms with E-state index in [-0.39, 0.29) is 6.10 Å². The smallest absolute Gasteiger partial charge is 0.210 e. The van der Waals surface area contributed by atoms with Crippen LogP contribution in [0.1, 0.15) is 82.1 Å². The summed E-state index contributed by atoms with van der Waals surface area (Å²) in [7, 11) is 0. The molecule has 0 atom stereocenters. The van der Waals surface area contributed by atoms with Crippen LogP contribution < -0.4 is 4.74 Å². The van der Waals surface area contributed by atoms with Gasteiger partial charge in [-0.05, 0) is 93.2 Å². The first-order chi connectivity index (χ1) is 17.1. The molecule has 7 fully saturated rings. The Balaban J connectivity index is 0.913. The maximum absolute atomic E-state index is 9.65. The average molecular weight is 484 g/mol. The van der Waals surface area contributed by atoms with Gasteiger partial charge < -0.3 is 14.6 Å². The summed E-state index contributed by atoms with van der Waals surface area (Å²) in [4.78, 5) is 14.7. The summed E-state index contributed by atoms with van der Waals surface area (Å²) >= 11 is 0. The molecule has 8 rings (SSSR count). The van der Waals surface area contributed by atoms with Crippen molar-refractivity contribution in [2.75, 3.05) is 26.2 Å². The number of piperidine rings is 1. The lowest BCUT2D eigenvalue weighted by molar-refractivity contribution is -0.390. The molecule has 5 aliphatic carbocycles. The van der Waals surface area contributed by atoms with Crippen molar-refractivity contribution in [3.05, 3.63) is 29.8 Å². The van der Waals surface area contributed by atoms with E-state index in [0.717, 1.165) is 75.7 Å². The zero-order valence-electron chi connectivity index (χ0n) is 20.9. The molecule has 2 aliphatic heterocycles. The largest absolute Gasteiger partial charge is 0.492 e. The first-order valence-corrected chi connectivity index (χ1v) is 14.3. The second-order valence-corrected chi connectivity index (χ2v) is 12.5. The molecule has 6 nitrogen and oxygen atoms in total. The zero-order chi connectivity index (χ0) is 23.5. The molecule has 0 unspecified atom stereocenters. The Morgan fingerprint density at radius 2 is 1.51 bits per heavy atom. The van der Waals surface area contributed by atoms with E-state index in [2.05, 4.69) is 29.2 Å². The number of nitrogens with zero attached hydrogens (tertiary/aromatic N) is 1. The van der Waals surface area contributed by atoms with Gasteiger partial charge >= 0.3 is 0 Å². The van der Waals surface area contributed by atoms with Crippen molar-refractivity contribution in [1.29, 1.82) is 0 Å². The van der Waals surface area contributed by atoms with Crippen LogP contribution in [0.4, 0.5) is 0 Å². The molecular weight excluding hydrogens is 442 g/mol. The van der Waals surface area contributed by atoms with E-state index in [1.165, 1.54) is 37.7 Å². The maximum atomic E-state index is 9.65. The third kappa shape index (κ3) is 4.23. The predicted molar refractivity (Wildman–Crippen MR) is 131 cm³/mol. The van der Waals surface area contributed by atoms with Gasteiger partial charge in [-0.15, -0.1) is 0 Å². The van der Waals surface area contributed by atoms with Gasteiger partial charge in [0.05, 0.1) is 6.10 Å². The molecule has 1 aromatic carbocycles. The number of rotatable bonds is 5. The minimum atomic E-state index is -0.528. The molecule has 4 bridgehead atoms. The Labute approximate surface area is 209 Å². The van der Waals surface area contributed by atoms with E-state index in [1.54, 1.807) is 0 Å². The number of aliphatic hydroxyl groups excluding tert-OH is 1. The lowest BCUT2D eigenvalue weighted by atomic mass is 9.53. The molecule has 1 N–H and O–H groups in total. The van der Waals surface area contributed by atoms with Crippen LogP contribution in [0, 0.1) is 23.7 Å². The van der Waals surface area contributed by atoms with Crippen molar-refractivity contribution in [3.63, 3.8) is 0 Å². The standard InChI is InChI=1S/C29H41NO5/c31-26-7-11-30(12-8-26)13-14-32-27-3-1-22(2-4-27)23-5-9-28(10-6-23)33-29(35-34-28)24-16-20-15-21(18-24)19-25(29)17-20/h1-4,20-21,23-26,31H,5-19H2. The Hall–Kier alpha value is -1.18. The second-order valence-electron chi connectivity index (χ2n) is 12.5. The van der Waals surface area contributed by atoms with Gasteiger partial charge in [0.2, 0.25) is 11.6 Å². The molecule has 7 aliphatic rings. The number of likely N-dealkylation sites (tertiary alicyclic amines) is 1. The first-order valence-electron chi connectivity index (χ1n) is 14.3. The average Bonchev–Trinajstić information content (AvgIpc) is 3.24. The molecule has 0 aromatic heterocycles. The number of hydrogen-bond acceptors (Lipinski definition) is 6. The molecule has 0 amide bonds. The number of ether oxygens (including phenoxy) is 2. The van der Waals surface area contributed by atoms with E-state index >= 15 is 0 Å². The summed E-state index contributed by atoms with van der Waals surface area (Å²) in [5.74, 6) is 3.36. The molecule has 0 radical (unpaired) electrons. The van der Waals surface area contributed by atoms with Crippen LogP contribution in [0.3, 0.4) is 0 Å². The van der Waals surface area contributed by atoms with E-state index in [0.29, 0.717) is 24.4 Å². The van der Waals surface area contributed by atoms with Crippen molar-refractivity contribution < 1.29 is 24.4 Å². The summed E-state index contributed by atoms with van der Waals surface area (Å²) in [5, 5.41) is 9.65. The second kappa shape index (κ2) is 8.98. The fraction of sp³-hybridized carbons (Fsp3) is 0.793. The Kier molecular flexibility index (Phi) is 5.90. The highest BCUT2D eigenvalue weighted by molar-refractivity contribution is 5.30. The van der Waals surface area contributed by atoms with Crippen molar-refractivity contribution in [1.82, 2.24) is 4.90 Å². The van der Waals surface area contributed by atoms with Gasteiger partial charge in [0.15, 0.2) is 0 Å². The Bertz CT molecular complexity index is 859. The van der Waals surface area contributed by atoms with Crippen molar-refractivity contribution in [2.45, 2.75) is 94.2 Å². The summed E-state index contributed by atoms with van der Waals surface area (Å²) in [5.41, 5.74) is 1.39. The maximum Gasteiger partial charge on any atom is 0.210 e. The third-order valence-corrected chi connectivity index (χ3v) is 10.3. The fourth-order valence-corrected chi connectivity index (χ4v) is 8.46. The van der Waals surface area contributed by atoms with Crippen LogP contribution in [0.15, 0.2) is 24.3 Å². The fourth-order valence-electron chi connectivity index (χ4n) is 8.46. The third-order valence-electron chi connectivity index (χ3n) is 10.3. The van der Waals surface area contributed by atoms with Gasteiger partial charge in [0, 0.05) is 44.3 Å². The molecule has 6 heteroatoms. The first kappa shape index (κ1) is 23.0. The number of hydrogen-bond donors (Lipinski definition) is 1. The molecule has 2 spiro atoms. The van der Waals surface area contributed by atoms with Crippen LogP contribution in [0.2, 0.25) is 0 Å². The Morgan fingerprint density at radius 1 is 0.857 bits per heavy atom. The topological polar surface area (TPSA) is 60.4 Å². The highest BCUT2D eigenvalue weighted by Gasteiger charge is 2.66. The predicted octanol–water partition coefficient (Wildman–Crippen LogP) is 5.01. The van der Waals surface area contributed by atoms with Gasteiger partial charge in [0.1, 0.15) is 12.4 Å². The van der Waals surface area contributed by atoms with Crippen LogP contribution in [-0.4, -0.2) is 53.9 Å². The normalized spacial score (nSPS) is 43.4. The van der Waals surface area contributed by atoms with E-state index in [4.69, 9.17) is 19.2 Å². The van der Waals surface area contributed by atoms with Crippen molar-refractivity contribution in [3.8, 4) is 5.75 Å². The number of benzene rings is 1. The molecular formula is C29H41NO5.